The molecule has 5 heteroatoms. The van der Waals surface area contributed by atoms with E-state index >= 15 is 0 Å². The lowest BCUT2D eigenvalue weighted by atomic mass is 9.93. The van der Waals surface area contributed by atoms with Crippen molar-refractivity contribution in [1.82, 2.24) is 0 Å². The van der Waals surface area contributed by atoms with Crippen molar-refractivity contribution in [2.45, 2.75) is 18.4 Å². The minimum atomic E-state index is -1.34. The number of hydrogen-bond acceptors (Lipinski definition) is 3. The van der Waals surface area contributed by atoms with Crippen molar-refractivity contribution in [2.75, 3.05) is 0 Å². The maximum Gasteiger partial charge on any atom is 0.315 e. The highest BCUT2D eigenvalue weighted by atomic mass is 16.5. The molecule has 118 valence electrons. The van der Waals surface area contributed by atoms with Gasteiger partial charge in [0.05, 0.1) is 5.92 Å². The van der Waals surface area contributed by atoms with E-state index in [1.165, 1.54) is 0 Å². The first-order valence-corrected chi connectivity index (χ1v) is 7.27. The number of carboxylic acids is 2. The van der Waals surface area contributed by atoms with Crippen LogP contribution in [0.2, 0.25) is 0 Å². The third-order valence-electron chi connectivity index (χ3n) is 4.24. The second-order valence-corrected chi connectivity index (χ2v) is 5.67. The van der Waals surface area contributed by atoms with Gasteiger partial charge < -0.3 is 14.9 Å². The predicted molar refractivity (Wildman–Crippen MR) is 82.3 cm³/mol. The average molecular weight is 312 g/mol. The van der Waals surface area contributed by atoms with Crippen LogP contribution < -0.4 is 4.74 Å². The number of rotatable bonds is 6. The van der Waals surface area contributed by atoms with Gasteiger partial charge in [0, 0.05) is 0 Å². The normalized spacial score (nSPS) is 22.3. The van der Waals surface area contributed by atoms with Crippen LogP contribution in [0.3, 0.4) is 0 Å². The van der Waals surface area contributed by atoms with E-state index in [-0.39, 0.29) is 6.42 Å². The molecule has 0 radical (unpaired) electrons. The number of benzene rings is 2. The lowest BCUT2D eigenvalue weighted by molar-refractivity contribution is -0.145. The van der Waals surface area contributed by atoms with Crippen molar-refractivity contribution in [3.05, 3.63) is 65.7 Å². The molecule has 2 atom stereocenters. The lowest BCUT2D eigenvalue weighted by Gasteiger charge is -2.14. The van der Waals surface area contributed by atoms with Gasteiger partial charge in [-0.1, -0.05) is 42.5 Å². The maximum absolute atomic E-state index is 11.6. The summed E-state index contributed by atoms with van der Waals surface area (Å²) in [4.78, 5) is 22.7. The summed E-state index contributed by atoms with van der Waals surface area (Å²) in [6, 6.07) is 16.3. The molecule has 1 fully saturated rings. The Balaban J connectivity index is 1.80. The molecule has 2 aromatic rings. The van der Waals surface area contributed by atoms with Crippen LogP contribution in [0.15, 0.2) is 54.6 Å². The minimum absolute atomic E-state index is 0.111. The van der Waals surface area contributed by atoms with Crippen LogP contribution in [-0.2, 0) is 21.6 Å². The van der Waals surface area contributed by atoms with Crippen molar-refractivity contribution in [3.8, 4) is 5.75 Å². The number of carbonyl (C=O) groups is 2. The van der Waals surface area contributed by atoms with E-state index < -0.39 is 23.3 Å². The number of aliphatic carboxylic acids is 2. The van der Waals surface area contributed by atoms with Crippen LogP contribution in [0.1, 0.15) is 17.5 Å². The number of carboxylic acid groups (broad SMARTS) is 2. The van der Waals surface area contributed by atoms with Crippen LogP contribution in [0.5, 0.6) is 5.75 Å². The highest BCUT2D eigenvalue weighted by Gasteiger charge is 2.65. The smallest absolute Gasteiger partial charge is 0.315 e. The summed E-state index contributed by atoms with van der Waals surface area (Å²) < 4.78 is 5.69. The Morgan fingerprint density at radius 1 is 1.09 bits per heavy atom. The van der Waals surface area contributed by atoms with E-state index in [1.807, 2.05) is 30.3 Å². The molecule has 23 heavy (non-hydrogen) atoms. The third-order valence-corrected chi connectivity index (χ3v) is 4.24. The van der Waals surface area contributed by atoms with Gasteiger partial charge in [-0.3, -0.25) is 9.59 Å². The molecule has 0 spiro atoms. The molecule has 1 aliphatic rings. The Morgan fingerprint density at radius 2 is 1.83 bits per heavy atom. The maximum atomic E-state index is 11.6. The number of ether oxygens (including phenoxy) is 1. The van der Waals surface area contributed by atoms with Gasteiger partial charge in [0.25, 0.3) is 0 Å². The lowest BCUT2D eigenvalue weighted by Crippen LogP contribution is -2.25. The van der Waals surface area contributed by atoms with Crippen LogP contribution in [-0.4, -0.2) is 22.2 Å². The van der Waals surface area contributed by atoms with Crippen molar-refractivity contribution in [1.29, 1.82) is 0 Å². The Bertz CT molecular complexity index is 740. The van der Waals surface area contributed by atoms with E-state index in [9.17, 15) is 14.7 Å². The third kappa shape index (κ3) is 2.77. The molecular weight excluding hydrogens is 296 g/mol. The van der Waals surface area contributed by atoms with Gasteiger partial charge in [-0.15, -0.1) is 0 Å². The Morgan fingerprint density at radius 3 is 2.43 bits per heavy atom. The molecule has 2 N–H and O–H groups in total. The molecule has 0 aromatic heterocycles. The van der Waals surface area contributed by atoms with E-state index in [4.69, 9.17) is 9.84 Å². The van der Waals surface area contributed by atoms with Crippen LogP contribution in [0.4, 0.5) is 0 Å². The number of hydrogen-bond donors (Lipinski definition) is 2. The molecule has 0 unspecified atom stereocenters. The highest BCUT2D eigenvalue weighted by Crippen LogP contribution is 2.55. The summed E-state index contributed by atoms with van der Waals surface area (Å²) in [5.74, 6) is -2.54. The Hall–Kier alpha value is -2.82. The summed E-state index contributed by atoms with van der Waals surface area (Å²) in [5.41, 5.74) is 0.140. The van der Waals surface area contributed by atoms with Gasteiger partial charge in [-0.05, 0) is 29.7 Å². The fraction of sp³-hybridized carbons (Fsp3) is 0.222. The zero-order valence-corrected chi connectivity index (χ0v) is 12.3. The highest BCUT2D eigenvalue weighted by molar-refractivity contribution is 5.94. The van der Waals surface area contributed by atoms with Crippen molar-refractivity contribution < 1.29 is 24.5 Å². The Kier molecular flexibility index (Phi) is 3.78. The largest absolute Gasteiger partial charge is 0.489 e. The van der Waals surface area contributed by atoms with Crippen LogP contribution >= 0.6 is 0 Å². The molecule has 2 aromatic carbocycles. The Labute approximate surface area is 133 Å². The summed E-state index contributed by atoms with van der Waals surface area (Å²) in [6.45, 7) is 0.368. The van der Waals surface area contributed by atoms with Crippen LogP contribution in [0.25, 0.3) is 0 Å². The van der Waals surface area contributed by atoms with Crippen molar-refractivity contribution in [2.24, 2.45) is 5.92 Å². The van der Waals surface area contributed by atoms with Crippen LogP contribution in [0, 0.1) is 5.92 Å². The average Bonchev–Trinajstić information content (AvgIpc) is 3.32. The molecule has 0 amide bonds. The monoisotopic (exact) mass is 312 g/mol. The fourth-order valence-electron chi connectivity index (χ4n) is 2.84. The fourth-order valence-corrected chi connectivity index (χ4v) is 2.84. The molecule has 0 heterocycles. The molecule has 3 rings (SSSR count). The standard InChI is InChI=1S/C18H16O5/c19-16(20)15-10-18(15,17(21)22)13-7-4-8-14(9-13)23-11-12-5-2-1-3-6-12/h1-9,15H,10-11H2,(H,19,20)(H,21,22)/t15-,18-/m1/s1. The molecule has 0 bridgehead atoms. The summed E-state index contributed by atoms with van der Waals surface area (Å²) >= 11 is 0. The first kappa shape index (κ1) is 15.1. The minimum Gasteiger partial charge on any atom is -0.489 e. The second-order valence-electron chi connectivity index (χ2n) is 5.67. The quantitative estimate of drug-likeness (QED) is 0.857. The van der Waals surface area contributed by atoms with Gasteiger partial charge >= 0.3 is 11.9 Å². The van der Waals surface area contributed by atoms with E-state index in [0.717, 1.165) is 5.56 Å². The molecular formula is C18H16O5. The topological polar surface area (TPSA) is 83.8 Å². The molecule has 1 saturated carbocycles. The first-order valence-electron chi connectivity index (χ1n) is 7.27. The second kappa shape index (κ2) is 5.76. The van der Waals surface area contributed by atoms with Gasteiger partial charge in [0.15, 0.2) is 0 Å². The summed E-state index contributed by atoms with van der Waals surface area (Å²) in [7, 11) is 0. The predicted octanol–water partition coefficient (Wildman–Crippen LogP) is 2.69. The van der Waals surface area contributed by atoms with Gasteiger partial charge in [-0.25, -0.2) is 0 Å². The summed E-state index contributed by atoms with van der Waals surface area (Å²) in [5, 5.41) is 18.6. The van der Waals surface area contributed by atoms with Gasteiger partial charge in [0.2, 0.25) is 0 Å². The first-order chi connectivity index (χ1) is 11.0. The molecule has 0 saturated heterocycles. The summed E-state index contributed by atoms with van der Waals surface area (Å²) in [6.07, 6.45) is 0.111. The van der Waals surface area contributed by atoms with Crippen molar-refractivity contribution in [3.63, 3.8) is 0 Å². The SMILES string of the molecule is O=C(O)[C@H]1C[C@@]1(C(=O)O)c1cccc(OCc2ccccc2)c1. The van der Waals surface area contributed by atoms with E-state index in [0.29, 0.717) is 17.9 Å². The zero-order chi connectivity index (χ0) is 16.4. The zero-order valence-electron chi connectivity index (χ0n) is 12.3. The van der Waals surface area contributed by atoms with Gasteiger partial charge in [0.1, 0.15) is 17.8 Å². The van der Waals surface area contributed by atoms with Gasteiger partial charge in [-0.2, -0.15) is 0 Å². The van der Waals surface area contributed by atoms with Crippen molar-refractivity contribution >= 4 is 11.9 Å². The van der Waals surface area contributed by atoms with E-state index in [1.54, 1.807) is 24.3 Å². The molecule has 5 nitrogen and oxygen atoms in total. The molecule has 1 aliphatic carbocycles. The van der Waals surface area contributed by atoms with E-state index in [2.05, 4.69) is 0 Å². The molecule has 0 aliphatic heterocycles.